The zero-order chi connectivity index (χ0) is 83.1. The van der Waals surface area contributed by atoms with Gasteiger partial charge in [-0.15, -0.1) is 26.4 Å². The van der Waals surface area contributed by atoms with Crippen LogP contribution in [0.4, 0.5) is 0 Å². The predicted molar refractivity (Wildman–Crippen MR) is 489 cm³/mol. The van der Waals surface area contributed by atoms with Crippen LogP contribution in [0.5, 0.6) is 0 Å². The summed E-state index contributed by atoms with van der Waals surface area (Å²) in [7, 11) is 0. The van der Waals surface area contributed by atoms with Gasteiger partial charge in [-0.2, -0.15) is 0 Å². The van der Waals surface area contributed by atoms with Crippen molar-refractivity contribution in [3.63, 3.8) is 0 Å². The summed E-state index contributed by atoms with van der Waals surface area (Å²) in [5, 5.41) is 65.7. The van der Waals surface area contributed by atoms with Crippen LogP contribution in [0.15, 0.2) is 0 Å². The zero-order valence-corrected chi connectivity index (χ0v) is 82.7. The molecule has 682 valence electrons. The van der Waals surface area contributed by atoms with Gasteiger partial charge in [0.2, 0.25) is 0 Å². The minimum atomic E-state index is -0.909. The van der Waals surface area contributed by atoms with E-state index in [9.17, 15) is 40.2 Å². The van der Waals surface area contributed by atoms with Gasteiger partial charge in [-0.25, -0.2) is 0 Å². The van der Waals surface area contributed by atoms with E-state index >= 15 is 0 Å². The molecule has 0 fully saturated rings. The zero-order valence-electron chi connectivity index (χ0n) is 79.0. The molecule has 0 spiro atoms. The summed E-state index contributed by atoms with van der Waals surface area (Å²) in [4.78, 5) is 20.2. The smallest absolute Gasteiger partial charge is 0.854 e. The Labute approximate surface area is 743 Å². The van der Waals surface area contributed by atoms with Crippen molar-refractivity contribution >= 4 is 26.1 Å². The quantitative estimate of drug-likeness (QED) is 0.0427. The van der Waals surface area contributed by atoms with Crippen molar-refractivity contribution in [3.05, 3.63) is 0 Å². The molecule has 0 atom stereocenters. The first kappa shape index (κ1) is 132. The third-order valence-corrected chi connectivity index (χ3v) is 26.2. The Bertz CT molecular complexity index is 1240. The number of carboxylic acid groups (broad SMARTS) is 2. The Morgan fingerprint density at radius 2 is 0.257 bits per heavy atom. The van der Waals surface area contributed by atoms with Crippen molar-refractivity contribution in [2.24, 2.45) is 0 Å². The normalized spacial score (nSPS) is 10.6. The van der Waals surface area contributed by atoms with Crippen LogP contribution in [0.25, 0.3) is 0 Å². The molecule has 8 nitrogen and oxygen atoms in total. The van der Waals surface area contributed by atoms with Gasteiger partial charge in [0, 0.05) is 11.9 Å². The van der Waals surface area contributed by atoms with Crippen LogP contribution < -0.4 is 30.6 Å². The molecule has 0 amide bonds. The van der Waals surface area contributed by atoms with Gasteiger partial charge < -0.3 is 40.2 Å². The van der Waals surface area contributed by atoms with Crippen LogP contribution in [-0.2, 0) is 47.8 Å². The van der Waals surface area contributed by atoms with E-state index in [4.69, 9.17) is 0 Å². The van der Waals surface area contributed by atoms with Gasteiger partial charge in [0.25, 0.3) is 14.1 Å². The summed E-state index contributed by atoms with van der Waals surface area (Å²) < 4.78 is 0. The number of carbonyl (C=O) groups is 2. The molecule has 0 saturated heterocycles. The molecular formula is C102H209AlNiO8Ti. The van der Waals surface area contributed by atoms with Crippen LogP contribution in [0, 0.1) is 0 Å². The molecule has 0 N–H and O–H groups in total. The van der Waals surface area contributed by atoms with Crippen molar-refractivity contribution in [1.29, 1.82) is 0 Å². The topological polar surface area (TPSA) is 172 Å². The molecule has 0 unspecified atom stereocenters. The number of unbranched alkanes of at least 4 members (excludes halogenated alkanes) is 76. The van der Waals surface area contributed by atoms with Crippen molar-refractivity contribution in [2.75, 3.05) is 26.4 Å². The molecule has 0 aliphatic carbocycles. The summed E-state index contributed by atoms with van der Waals surface area (Å²) >= 11 is -0.171. The molecule has 0 heterocycles. The average molecular weight is 1700 g/mol. The third kappa shape index (κ3) is 161. The maximum Gasteiger partial charge on any atom is 4.00 e. The van der Waals surface area contributed by atoms with Crippen LogP contribution in [0.2, 0.25) is 15.8 Å². The molecule has 113 heavy (non-hydrogen) atoms. The molecule has 0 aromatic heterocycles. The maximum atomic E-state index is 10.3. The van der Waals surface area contributed by atoms with Gasteiger partial charge in [0.1, 0.15) is 0 Å². The van der Waals surface area contributed by atoms with E-state index in [1.54, 1.807) is 0 Å². The van der Waals surface area contributed by atoms with Gasteiger partial charge in [0.15, 0.2) is 0 Å². The largest absolute Gasteiger partial charge is 4.00 e. The minimum Gasteiger partial charge on any atom is -0.854 e. The number of hydrogen-bond donors (Lipinski definition) is 0. The summed E-state index contributed by atoms with van der Waals surface area (Å²) in [5.41, 5.74) is 0. The molecule has 11 heteroatoms. The molecule has 0 bridgehead atoms. The predicted octanol–water partition coefficient (Wildman–Crippen LogP) is 30.3. The van der Waals surface area contributed by atoms with E-state index in [0.29, 0.717) is 0 Å². The summed E-state index contributed by atoms with van der Waals surface area (Å²) in [6.07, 6.45) is 110. The van der Waals surface area contributed by atoms with Crippen molar-refractivity contribution in [2.45, 2.75) is 618 Å². The SMILES string of the molecule is CCCCCCCCCCCC(=O)[O-].CCCCCCCCCCCC(=O)[O-].CCCCCCCCCCCCCCCCCC[O-].CCCCCCCCCCCCCCCCCC[O-].CCCCCCCCCCCCCCCCCC[O-].CCCCCCCCCCCCCCCCCC[O-].C[CH2][Al]([CH2]C)[CH2]C.[Ni+2].[Ti+4]. The number of rotatable bonds is 87. The second kappa shape index (κ2) is 138. The van der Waals surface area contributed by atoms with Gasteiger partial charge in [-0.1, -0.05) is 592 Å². The fraction of sp³-hybridized carbons (Fsp3) is 0.980. The second-order valence-electron chi connectivity index (χ2n) is 34.0. The average Bonchev–Trinajstić information content (AvgIpc) is 2.56. The van der Waals surface area contributed by atoms with E-state index < -0.39 is 11.9 Å². The van der Waals surface area contributed by atoms with E-state index in [1.807, 2.05) is 0 Å². The molecule has 0 aliphatic heterocycles. The summed E-state index contributed by atoms with van der Waals surface area (Å²) in [5.74, 6) is -1.82. The molecule has 0 rings (SSSR count). The summed E-state index contributed by atoms with van der Waals surface area (Å²) in [6, 6.07) is 0. The Morgan fingerprint density at radius 1 is 0.168 bits per heavy atom. The van der Waals surface area contributed by atoms with Crippen molar-refractivity contribution in [1.82, 2.24) is 0 Å². The van der Waals surface area contributed by atoms with Gasteiger partial charge >= 0.3 is 38.2 Å². The van der Waals surface area contributed by atoms with E-state index in [2.05, 4.69) is 62.3 Å². The molecule has 0 aromatic carbocycles. The standard InChI is InChI=1S/4C18H37O.2C12H24O2.3C2H5.Al.Ni.Ti/c4*1-2-3-4-5-6-7-8-9-10-11-12-13-14-15-16-17-18-19;2*1-2-3-4-5-6-7-8-9-10-11-12(13)14;3*1-2;;;/h4*2-18H2,1H3;2*2-11H2,1H3,(H,13,14);3*1H2,2H3;;;/q4*-1;;;;;;;+2;+4/p-2. The van der Waals surface area contributed by atoms with Crippen LogP contribution in [0.3, 0.4) is 0 Å². The van der Waals surface area contributed by atoms with E-state index in [0.717, 1.165) is 77.0 Å². The maximum absolute atomic E-state index is 10.3. The van der Waals surface area contributed by atoms with E-state index in [1.165, 1.54) is 465 Å². The fourth-order valence-electron chi connectivity index (χ4n) is 14.6. The second-order valence-corrected chi connectivity index (χ2v) is 38.2. The first-order valence-corrected chi connectivity index (χ1v) is 53.7. The fourth-order valence-corrected chi connectivity index (χ4v) is 16.4. The van der Waals surface area contributed by atoms with Crippen molar-refractivity contribution < 1.29 is 78.4 Å². The minimum absolute atomic E-state index is 0. The molecule has 0 saturated carbocycles. The summed E-state index contributed by atoms with van der Waals surface area (Å²) in [6.45, 7) is 21.0. The number of hydrogen-bond acceptors (Lipinski definition) is 8. The van der Waals surface area contributed by atoms with Gasteiger partial charge in [-0.3, -0.25) is 0 Å². The van der Waals surface area contributed by atoms with Crippen molar-refractivity contribution in [3.8, 4) is 0 Å². The van der Waals surface area contributed by atoms with Gasteiger partial charge in [-0.05, 0) is 25.7 Å². The molecule has 0 aliphatic rings. The third-order valence-electron chi connectivity index (χ3n) is 22.7. The Kier molecular flexibility index (Phi) is 161. The molecule has 0 radical (unpaired) electrons. The van der Waals surface area contributed by atoms with Gasteiger partial charge in [0.05, 0.1) is 0 Å². The first-order valence-electron chi connectivity index (χ1n) is 51.3. The first-order chi connectivity index (χ1) is 54.5. The van der Waals surface area contributed by atoms with Crippen LogP contribution in [-0.4, -0.2) is 52.5 Å². The monoisotopic (exact) mass is 1700 g/mol. The molecule has 0 aromatic rings. The van der Waals surface area contributed by atoms with Crippen LogP contribution >= 0.6 is 0 Å². The number of carboxylic acids is 2. The number of carbonyl (C=O) groups excluding carboxylic acids is 2. The Balaban J connectivity index is -0.000000161. The molecular weight excluding hydrogens is 1490 g/mol. The Morgan fingerprint density at radius 3 is 0.327 bits per heavy atom. The van der Waals surface area contributed by atoms with Crippen LogP contribution in [0.1, 0.15) is 602 Å². The number of aliphatic carboxylic acids is 2. The Hall–Kier alpha value is 0.520. The van der Waals surface area contributed by atoms with E-state index in [-0.39, 0.29) is 91.6 Å².